The van der Waals surface area contributed by atoms with Crippen LogP contribution in [0.15, 0.2) is 11.6 Å². The molecular weight excluding hydrogens is 168 g/mol. The monoisotopic (exact) mass is 194 g/mol. The molecule has 0 amide bonds. The van der Waals surface area contributed by atoms with Gasteiger partial charge in [0.1, 0.15) is 0 Å². The zero-order valence-electron chi connectivity index (χ0n) is 10.3. The molecule has 14 heavy (non-hydrogen) atoms. The van der Waals surface area contributed by atoms with Crippen LogP contribution in [0, 0.1) is 17.8 Å². The van der Waals surface area contributed by atoms with Crippen molar-refractivity contribution in [2.24, 2.45) is 17.8 Å². The first kappa shape index (κ1) is 11.8. The lowest BCUT2D eigenvalue weighted by Gasteiger charge is -2.18. The molecule has 0 radical (unpaired) electrons. The summed E-state index contributed by atoms with van der Waals surface area (Å²) in [7, 11) is 0. The SMILES string of the molecule is CCC=C(CC(C)CC)C(C)C1CC1. The minimum Gasteiger partial charge on any atom is -0.0853 e. The molecule has 1 rings (SSSR count). The van der Waals surface area contributed by atoms with Crippen LogP contribution < -0.4 is 0 Å². The summed E-state index contributed by atoms with van der Waals surface area (Å²) in [4.78, 5) is 0. The minimum atomic E-state index is 0.865. The summed E-state index contributed by atoms with van der Waals surface area (Å²) >= 11 is 0. The summed E-state index contributed by atoms with van der Waals surface area (Å²) < 4.78 is 0. The van der Waals surface area contributed by atoms with E-state index in [4.69, 9.17) is 0 Å². The van der Waals surface area contributed by atoms with Crippen LogP contribution in [-0.2, 0) is 0 Å². The summed E-state index contributed by atoms with van der Waals surface area (Å²) in [5, 5.41) is 0. The average Bonchev–Trinajstić information content (AvgIpc) is 2.99. The van der Waals surface area contributed by atoms with Crippen molar-refractivity contribution in [3.63, 3.8) is 0 Å². The third-order valence-electron chi connectivity index (χ3n) is 3.66. The van der Waals surface area contributed by atoms with E-state index in [1.54, 1.807) is 5.57 Å². The number of hydrogen-bond donors (Lipinski definition) is 0. The van der Waals surface area contributed by atoms with Crippen LogP contribution in [0.2, 0.25) is 0 Å². The number of rotatable bonds is 6. The Morgan fingerprint density at radius 2 is 1.93 bits per heavy atom. The standard InChI is InChI=1S/C14H26/c1-5-7-14(10-11(3)6-2)12(4)13-8-9-13/h7,11-13H,5-6,8-10H2,1-4H3. The van der Waals surface area contributed by atoms with Gasteiger partial charge < -0.3 is 0 Å². The van der Waals surface area contributed by atoms with Crippen LogP contribution >= 0.6 is 0 Å². The van der Waals surface area contributed by atoms with Gasteiger partial charge in [0.15, 0.2) is 0 Å². The van der Waals surface area contributed by atoms with E-state index < -0.39 is 0 Å². The highest BCUT2D eigenvalue weighted by molar-refractivity contribution is 5.10. The zero-order valence-corrected chi connectivity index (χ0v) is 10.3. The Kier molecular flexibility index (Phi) is 4.71. The molecular formula is C14H26. The minimum absolute atomic E-state index is 0.865. The fraction of sp³-hybridized carbons (Fsp3) is 0.857. The molecule has 1 saturated carbocycles. The van der Waals surface area contributed by atoms with Gasteiger partial charge in [-0.05, 0) is 43.4 Å². The highest BCUT2D eigenvalue weighted by atomic mass is 14.3. The molecule has 0 aromatic heterocycles. The smallest absolute Gasteiger partial charge is 0.0203 e. The molecule has 2 atom stereocenters. The molecule has 0 nitrogen and oxygen atoms in total. The molecule has 0 heteroatoms. The first-order chi connectivity index (χ1) is 6.69. The first-order valence-electron chi connectivity index (χ1n) is 6.37. The van der Waals surface area contributed by atoms with Crippen LogP contribution in [-0.4, -0.2) is 0 Å². The van der Waals surface area contributed by atoms with Crippen LogP contribution in [0.4, 0.5) is 0 Å². The Bertz CT molecular complexity index is 186. The Morgan fingerprint density at radius 3 is 2.36 bits per heavy atom. The molecule has 0 N–H and O–H groups in total. The van der Waals surface area contributed by atoms with Gasteiger partial charge in [-0.2, -0.15) is 0 Å². The van der Waals surface area contributed by atoms with Crippen molar-refractivity contribution >= 4 is 0 Å². The van der Waals surface area contributed by atoms with Gasteiger partial charge in [-0.1, -0.05) is 45.8 Å². The Hall–Kier alpha value is -0.260. The summed E-state index contributed by atoms with van der Waals surface area (Å²) in [6.45, 7) is 9.37. The molecule has 2 unspecified atom stereocenters. The molecule has 1 aliphatic carbocycles. The van der Waals surface area contributed by atoms with E-state index in [0.29, 0.717) is 0 Å². The predicted octanol–water partition coefficient (Wildman–Crippen LogP) is 4.81. The van der Waals surface area contributed by atoms with Gasteiger partial charge in [0.2, 0.25) is 0 Å². The van der Waals surface area contributed by atoms with E-state index in [0.717, 1.165) is 17.8 Å². The molecule has 1 fully saturated rings. The van der Waals surface area contributed by atoms with E-state index in [9.17, 15) is 0 Å². The number of hydrogen-bond acceptors (Lipinski definition) is 0. The molecule has 0 aromatic rings. The molecule has 0 bridgehead atoms. The fourth-order valence-corrected chi connectivity index (χ4v) is 2.16. The van der Waals surface area contributed by atoms with Crippen molar-refractivity contribution in [1.29, 1.82) is 0 Å². The van der Waals surface area contributed by atoms with Crippen LogP contribution in [0.3, 0.4) is 0 Å². The van der Waals surface area contributed by atoms with Gasteiger partial charge in [0, 0.05) is 0 Å². The normalized spacial score (nSPS) is 22.1. The Balaban J connectivity index is 2.49. The lowest BCUT2D eigenvalue weighted by Crippen LogP contribution is -2.06. The maximum atomic E-state index is 2.48. The van der Waals surface area contributed by atoms with Crippen molar-refractivity contribution in [2.75, 3.05) is 0 Å². The lowest BCUT2D eigenvalue weighted by molar-refractivity contribution is 0.488. The Labute approximate surface area is 89.8 Å². The summed E-state index contributed by atoms with van der Waals surface area (Å²) in [6.07, 6.45) is 9.30. The van der Waals surface area contributed by atoms with Gasteiger partial charge in [-0.15, -0.1) is 0 Å². The van der Waals surface area contributed by atoms with Crippen molar-refractivity contribution in [3.8, 4) is 0 Å². The summed E-state index contributed by atoms with van der Waals surface area (Å²) in [5.41, 5.74) is 1.74. The molecule has 82 valence electrons. The maximum absolute atomic E-state index is 2.48. The van der Waals surface area contributed by atoms with E-state index >= 15 is 0 Å². The van der Waals surface area contributed by atoms with E-state index in [1.807, 2.05) is 0 Å². The largest absolute Gasteiger partial charge is 0.0853 e. The highest BCUT2D eigenvalue weighted by Crippen LogP contribution is 2.41. The second-order valence-electron chi connectivity index (χ2n) is 5.03. The van der Waals surface area contributed by atoms with Crippen LogP contribution in [0.5, 0.6) is 0 Å². The van der Waals surface area contributed by atoms with Gasteiger partial charge in [0.25, 0.3) is 0 Å². The average molecular weight is 194 g/mol. The summed E-state index contributed by atoms with van der Waals surface area (Å²) in [6, 6.07) is 0. The van der Waals surface area contributed by atoms with Gasteiger partial charge in [0.05, 0.1) is 0 Å². The van der Waals surface area contributed by atoms with Crippen molar-refractivity contribution in [1.82, 2.24) is 0 Å². The van der Waals surface area contributed by atoms with Gasteiger partial charge in [-0.3, -0.25) is 0 Å². The molecule has 0 spiro atoms. The zero-order chi connectivity index (χ0) is 10.6. The van der Waals surface area contributed by atoms with E-state index in [1.165, 1.54) is 32.1 Å². The third kappa shape index (κ3) is 3.48. The quantitative estimate of drug-likeness (QED) is 0.532. The fourth-order valence-electron chi connectivity index (χ4n) is 2.16. The second-order valence-corrected chi connectivity index (χ2v) is 5.03. The van der Waals surface area contributed by atoms with E-state index in [-0.39, 0.29) is 0 Å². The van der Waals surface area contributed by atoms with Crippen LogP contribution in [0.1, 0.15) is 59.8 Å². The second kappa shape index (κ2) is 5.58. The number of allylic oxidation sites excluding steroid dienone is 2. The van der Waals surface area contributed by atoms with Gasteiger partial charge in [-0.25, -0.2) is 0 Å². The molecule has 0 aliphatic heterocycles. The summed E-state index contributed by atoms with van der Waals surface area (Å²) in [5.74, 6) is 2.76. The molecule has 1 aliphatic rings. The molecule has 0 heterocycles. The Morgan fingerprint density at radius 1 is 1.29 bits per heavy atom. The predicted molar refractivity (Wildman–Crippen MR) is 64.3 cm³/mol. The van der Waals surface area contributed by atoms with Crippen molar-refractivity contribution < 1.29 is 0 Å². The first-order valence-corrected chi connectivity index (χ1v) is 6.37. The van der Waals surface area contributed by atoms with Crippen molar-refractivity contribution in [2.45, 2.75) is 59.8 Å². The van der Waals surface area contributed by atoms with Crippen molar-refractivity contribution in [3.05, 3.63) is 11.6 Å². The van der Waals surface area contributed by atoms with Crippen LogP contribution in [0.25, 0.3) is 0 Å². The maximum Gasteiger partial charge on any atom is -0.0203 e. The van der Waals surface area contributed by atoms with E-state index in [2.05, 4.69) is 33.8 Å². The lowest BCUT2D eigenvalue weighted by atomic mass is 9.87. The van der Waals surface area contributed by atoms with Gasteiger partial charge >= 0.3 is 0 Å². The highest BCUT2D eigenvalue weighted by Gasteiger charge is 2.30. The molecule has 0 saturated heterocycles. The topological polar surface area (TPSA) is 0 Å². The third-order valence-corrected chi connectivity index (χ3v) is 3.66. The molecule has 0 aromatic carbocycles.